The van der Waals surface area contributed by atoms with Crippen molar-refractivity contribution in [2.24, 2.45) is 5.92 Å². The molecule has 0 saturated carbocycles. The van der Waals surface area contributed by atoms with Gasteiger partial charge < -0.3 is 0 Å². The van der Waals surface area contributed by atoms with E-state index in [4.69, 9.17) is 0 Å². The lowest BCUT2D eigenvalue weighted by Crippen LogP contribution is -1.89. The van der Waals surface area contributed by atoms with E-state index in [-0.39, 0.29) is 0 Å². The molecule has 0 aromatic carbocycles. The monoisotopic (exact) mass is 262 g/mol. The lowest BCUT2D eigenvalue weighted by Gasteiger charge is -1.99. The fourth-order valence-electron chi connectivity index (χ4n) is 0.315. The van der Waals surface area contributed by atoms with Gasteiger partial charge in [-0.3, -0.25) is 0 Å². The van der Waals surface area contributed by atoms with Crippen LogP contribution in [0.4, 0.5) is 0 Å². The molecule has 0 atom stereocenters. The van der Waals surface area contributed by atoms with Gasteiger partial charge in [-0.1, -0.05) is 22.8 Å². The molecule has 0 aliphatic heterocycles. The maximum Gasteiger partial charge on any atom is 0.0492 e. The Morgan fingerprint density at radius 2 is 2.12 bits per heavy atom. The van der Waals surface area contributed by atoms with Gasteiger partial charge in [0.05, 0.1) is 0 Å². The van der Waals surface area contributed by atoms with Crippen LogP contribution < -0.4 is 0 Å². The summed E-state index contributed by atoms with van der Waals surface area (Å²) in [6.07, 6.45) is 0. The van der Waals surface area contributed by atoms with Crippen LogP contribution in [-0.2, 0) is 0 Å². The number of rotatable bonds is 4. The van der Waals surface area contributed by atoms with Crippen LogP contribution in [0.5, 0.6) is 0 Å². The molecule has 8 heavy (non-hydrogen) atoms. The standard InChI is InChI=1S/C5H11IS2/c1-5(2)3-7-4-8-6/h5H,3-4H2,1-2H3. The van der Waals surface area contributed by atoms with Gasteiger partial charge in [0, 0.05) is 5.08 Å². The van der Waals surface area contributed by atoms with Crippen molar-refractivity contribution in [3.8, 4) is 0 Å². The van der Waals surface area contributed by atoms with Crippen molar-refractivity contribution in [3.05, 3.63) is 0 Å². The van der Waals surface area contributed by atoms with Crippen molar-refractivity contribution in [1.82, 2.24) is 0 Å². The van der Waals surface area contributed by atoms with Crippen LogP contribution in [0.15, 0.2) is 0 Å². The van der Waals surface area contributed by atoms with E-state index in [1.165, 1.54) is 10.8 Å². The van der Waals surface area contributed by atoms with Crippen LogP contribution in [0.2, 0.25) is 0 Å². The molecular formula is C5H11IS2. The highest BCUT2D eigenvalue weighted by Gasteiger charge is 1.91. The molecule has 0 spiro atoms. The maximum atomic E-state index is 2.33. The van der Waals surface area contributed by atoms with Crippen molar-refractivity contribution < 1.29 is 0 Å². The molecule has 0 unspecified atom stereocenters. The topological polar surface area (TPSA) is 0 Å². The van der Waals surface area contributed by atoms with Crippen LogP contribution in [0.25, 0.3) is 0 Å². The lowest BCUT2D eigenvalue weighted by atomic mass is 10.3. The Balaban J connectivity index is 2.72. The van der Waals surface area contributed by atoms with Crippen molar-refractivity contribution in [2.45, 2.75) is 13.8 Å². The summed E-state index contributed by atoms with van der Waals surface area (Å²) in [5.74, 6) is 2.15. The first kappa shape index (κ1) is 9.43. The molecule has 0 rings (SSSR count). The van der Waals surface area contributed by atoms with Crippen molar-refractivity contribution in [2.75, 3.05) is 10.8 Å². The quantitative estimate of drug-likeness (QED) is 0.432. The highest BCUT2D eigenvalue weighted by atomic mass is 127. The molecular weight excluding hydrogens is 251 g/mol. The summed E-state index contributed by atoms with van der Waals surface area (Å²) < 4.78 is 0. The van der Waals surface area contributed by atoms with Gasteiger partial charge in [0.25, 0.3) is 0 Å². The number of halogens is 1. The summed E-state index contributed by atoms with van der Waals surface area (Å²) in [5, 5.41) is 1.23. The molecule has 0 aromatic rings. The van der Waals surface area contributed by atoms with Crippen LogP contribution >= 0.6 is 41.9 Å². The van der Waals surface area contributed by atoms with E-state index in [0.717, 1.165) is 5.92 Å². The molecule has 0 saturated heterocycles. The van der Waals surface area contributed by atoms with E-state index in [2.05, 4.69) is 35.1 Å². The zero-order valence-corrected chi connectivity index (χ0v) is 8.98. The molecule has 0 heterocycles. The van der Waals surface area contributed by atoms with Gasteiger partial charge in [-0.15, -0.1) is 11.8 Å². The van der Waals surface area contributed by atoms with Gasteiger partial charge in [-0.05, 0) is 32.9 Å². The molecule has 3 heteroatoms. The highest BCUT2D eigenvalue weighted by molar-refractivity contribution is 14.2. The summed E-state index contributed by atoms with van der Waals surface area (Å²) in [4.78, 5) is 0. The summed E-state index contributed by atoms with van der Waals surface area (Å²) in [7, 11) is 1.88. The highest BCUT2D eigenvalue weighted by Crippen LogP contribution is 2.19. The van der Waals surface area contributed by atoms with E-state index >= 15 is 0 Å². The van der Waals surface area contributed by atoms with Crippen molar-refractivity contribution >= 4 is 41.9 Å². The average Bonchev–Trinajstić information content (AvgIpc) is 1.66. The summed E-state index contributed by atoms with van der Waals surface area (Å²) in [5.41, 5.74) is 0. The minimum Gasteiger partial charge on any atom is -0.150 e. The molecule has 0 aliphatic carbocycles. The minimum absolute atomic E-state index is 0.851. The van der Waals surface area contributed by atoms with Crippen LogP contribution in [0, 0.1) is 5.92 Å². The SMILES string of the molecule is CC(C)CSCSI. The fraction of sp³-hybridized carbons (Fsp3) is 1.00. The zero-order valence-electron chi connectivity index (χ0n) is 5.19. The predicted octanol–water partition coefficient (Wildman–Crippen LogP) is 3.42. The Morgan fingerprint density at radius 3 is 2.50 bits per heavy atom. The Morgan fingerprint density at radius 1 is 1.50 bits per heavy atom. The third-order valence-corrected chi connectivity index (χ3v) is 4.79. The van der Waals surface area contributed by atoms with Gasteiger partial charge in [0.15, 0.2) is 0 Å². The third-order valence-electron chi connectivity index (χ3n) is 0.579. The van der Waals surface area contributed by atoms with Crippen molar-refractivity contribution in [1.29, 1.82) is 0 Å². The molecule has 0 N–H and O–H groups in total. The summed E-state index contributed by atoms with van der Waals surface area (Å²) in [6.45, 7) is 4.51. The van der Waals surface area contributed by atoms with Crippen LogP contribution in [-0.4, -0.2) is 10.8 Å². The Bertz CT molecular complexity index is 47.7. The molecule has 0 aliphatic rings. The molecule has 0 fully saturated rings. The predicted molar refractivity (Wildman–Crippen MR) is 53.8 cm³/mol. The Kier molecular flexibility index (Phi) is 7.72. The van der Waals surface area contributed by atoms with Gasteiger partial charge in [0.1, 0.15) is 0 Å². The zero-order chi connectivity index (χ0) is 6.41. The summed E-state index contributed by atoms with van der Waals surface area (Å²) >= 11 is 4.35. The molecule has 0 aromatic heterocycles. The largest absolute Gasteiger partial charge is 0.150 e. The van der Waals surface area contributed by atoms with E-state index in [1.54, 1.807) is 0 Å². The lowest BCUT2D eigenvalue weighted by molar-refractivity contribution is 0.751. The van der Waals surface area contributed by atoms with E-state index < -0.39 is 0 Å². The second-order valence-corrected chi connectivity index (χ2v) is 5.76. The second kappa shape index (κ2) is 6.55. The first-order valence-electron chi connectivity index (χ1n) is 2.58. The smallest absolute Gasteiger partial charge is 0.0492 e. The Labute approximate surface area is 72.2 Å². The molecule has 0 nitrogen and oxygen atoms in total. The average molecular weight is 262 g/mol. The van der Waals surface area contributed by atoms with Gasteiger partial charge >= 0.3 is 0 Å². The number of hydrogen-bond acceptors (Lipinski definition) is 2. The minimum atomic E-state index is 0.851. The van der Waals surface area contributed by atoms with E-state index in [0.29, 0.717) is 0 Å². The second-order valence-electron chi connectivity index (χ2n) is 1.99. The van der Waals surface area contributed by atoms with E-state index in [1.807, 2.05) is 20.7 Å². The van der Waals surface area contributed by atoms with E-state index in [9.17, 15) is 0 Å². The first-order chi connectivity index (χ1) is 3.77. The Hall–Kier alpha value is 1.43. The number of hydrogen-bond donors (Lipinski definition) is 0. The van der Waals surface area contributed by atoms with Gasteiger partial charge in [0.2, 0.25) is 0 Å². The van der Waals surface area contributed by atoms with Gasteiger partial charge in [-0.25, -0.2) is 0 Å². The number of thioether (sulfide) groups is 1. The normalized spacial score (nSPS) is 10.5. The first-order valence-corrected chi connectivity index (χ1v) is 7.27. The third kappa shape index (κ3) is 7.43. The molecule has 0 amide bonds. The maximum absolute atomic E-state index is 2.33. The van der Waals surface area contributed by atoms with Crippen molar-refractivity contribution in [3.63, 3.8) is 0 Å². The molecule has 0 bridgehead atoms. The fourth-order valence-corrected chi connectivity index (χ4v) is 3.04. The molecule has 0 radical (unpaired) electrons. The summed E-state index contributed by atoms with van der Waals surface area (Å²) in [6, 6.07) is 0. The van der Waals surface area contributed by atoms with Crippen LogP contribution in [0.1, 0.15) is 13.8 Å². The van der Waals surface area contributed by atoms with Gasteiger partial charge in [-0.2, -0.15) is 0 Å². The van der Waals surface area contributed by atoms with Crippen LogP contribution in [0.3, 0.4) is 0 Å². The molecule has 50 valence electrons.